The highest BCUT2D eigenvalue weighted by Gasteiger charge is 2.38. The fourth-order valence-electron chi connectivity index (χ4n) is 3.95. The van der Waals surface area contributed by atoms with E-state index in [9.17, 15) is 14.4 Å². The Morgan fingerprint density at radius 3 is 2.70 bits per heavy atom. The van der Waals surface area contributed by atoms with Gasteiger partial charge in [-0.3, -0.25) is 14.6 Å². The van der Waals surface area contributed by atoms with Gasteiger partial charge in [0.15, 0.2) is 0 Å². The third-order valence-electron chi connectivity index (χ3n) is 5.45. The molecule has 0 unspecified atom stereocenters. The van der Waals surface area contributed by atoms with Gasteiger partial charge in [-0.15, -0.1) is 0 Å². The standard InChI is InChI=1S/C21H29N3O5S/c1-4-28-19(25)14-7-6-9-24(11-14)12-16-17(20(26)29-5-2)18(15-8-10-30-13-15)22-21(27)23(16)3/h8,10,13-14,18H,4-7,9,11-12H2,1-3H3,(H,22,27)/t14-,18+/m0/s1. The van der Waals surface area contributed by atoms with Gasteiger partial charge >= 0.3 is 18.0 Å². The number of nitrogens with one attached hydrogen (secondary N) is 1. The summed E-state index contributed by atoms with van der Waals surface area (Å²) in [5, 5.41) is 6.75. The summed E-state index contributed by atoms with van der Waals surface area (Å²) >= 11 is 1.51. The molecule has 1 saturated heterocycles. The van der Waals surface area contributed by atoms with Crippen LogP contribution in [0.5, 0.6) is 0 Å². The highest BCUT2D eigenvalue weighted by atomic mass is 32.1. The Morgan fingerprint density at radius 1 is 1.27 bits per heavy atom. The van der Waals surface area contributed by atoms with Gasteiger partial charge in [0.1, 0.15) is 0 Å². The fraction of sp³-hybridized carbons (Fsp3) is 0.571. The number of thiophene rings is 1. The van der Waals surface area contributed by atoms with E-state index in [1.807, 2.05) is 16.8 Å². The Balaban J connectivity index is 1.92. The third-order valence-corrected chi connectivity index (χ3v) is 6.15. The first-order valence-corrected chi connectivity index (χ1v) is 11.3. The van der Waals surface area contributed by atoms with Crippen LogP contribution in [0.4, 0.5) is 4.79 Å². The summed E-state index contributed by atoms with van der Waals surface area (Å²) in [4.78, 5) is 41.4. The van der Waals surface area contributed by atoms with Gasteiger partial charge in [-0.1, -0.05) is 0 Å². The molecule has 8 nitrogen and oxygen atoms in total. The molecule has 0 saturated carbocycles. The molecule has 1 aromatic heterocycles. The number of urea groups is 1. The Bertz CT molecular complexity index is 808. The molecule has 2 amide bonds. The van der Waals surface area contributed by atoms with Gasteiger partial charge < -0.3 is 14.8 Å². The molecule has 1 fully saturated rings. The zero-order valence-corrected chi connectivity index (χ0v) is 18.5. The quantitative estimate of drug-likeness (QED) is 0.662. The number of carbonyl (C=O) groups excluding carboxylic acids is 3. The van der Waals surface area contributed by atoms with E-state index in [0.717, 1.165) is 24.9 Å². The molecule has 164 valence electrons. The predicted molar refractivity (Wildman–Crippen MR) is 113 cm³/mol. The molecular formula is C21H29N3O5S. The molecule has 0 radical (unpaired) electrons. The lowest BCUT2D eigenvalue weighted by atomic mass is 9.94. The monoisotopic (exact) mass is 435 g/mol. The SMILES string of the molecule is CCOC(=O)C1=C(CN2CCC[C@H](C(=O)OCC)C2)N(C)C(=O)N[C@@H]1c1ccsc1. The number of esters is 2. The molecular weight excluding hydrogens is 406 g/mol. The number of likely N-dealkylation sites (N-methyl/N-ethyl adjacent to an activating group) is 1. The van der Waals surface area contributed by atoms with E-state index in [0.29, 0.717) is 31.0 Å². The van der Waals surface area contributed by atoms with Crippen LogP contribution in [0.1, 0.15) is 38.3 Å². The van der Waals surface area contributed by atoms with Gasteiger partial charge in [-0.2, -0.15) is 11.3 Å². The third kappa shape index (κ3) is 4.84. The highest BCUT2D eigenvalue weighted by molar-refractivity contribution is 7.08. The number of nitrogens with zero attached hydrogens (tertiary/aromatic N) is 2. The maximum absolute atomic E-state index is 12.9. The zero-order valence-electron chi connectivity index (χ0n) is 17.7. The number of hydrogen-bond donors (Lipinski definition) is 1. The zero-order chi connectivity index (χ0) is 21.7. The van der Waals surface area contributed by atoms with E-state index < -0.39 is 12.0 Å². The van der Waals surface area contributed by atoms with Gasteiger partial charge in [0.05, 0.1) is 30.7 Å². The van der Waals surface area contributed by atoms with Crippen molar-refractivity contribution in [1.82, 2.24) is 15.1 Å². The molecule has 3 heterocycles. The minimum atomic E-state index is -0.556. The van der Waals surface area contributed by atoms with Gasteiger partial charge in [-0.05, 0) is 55.6 Å². The number of hydrogen-bond acceptors (Lipinski definition) is 7. The van der Waals surface area contributed by atoms with Crippen LogP contribution in [0.2, 0.25) is 0 Å². The molecule has 1 aromatic rings. The van der Waals surface area contributed by atoms with E-state index >= 15 is 0 Å². The van der Waals surface area contributed by atoms with Crippen LogP contribution in [0.25, 0.3) is 0 Å². The molecule has 1 N–H and O–H groups in total. The van der Waals surface area contributed by atoms with Crippen molar-refractivity contribution in [2.75, 3.05) is 39.9 Å². The molecule has 0 bridgehead atoms. The van der Waals surface area contributed by atoms with E-state index in [1.165, 1.54) is 16.2 Å². The topological polar surface area (TPSA) is 88.2 Å². The number of rotatable bonds is 7. The Morgan fingerprint density at radius 2 is 2.03 bits per heavy atom. The number of carbonyl (C=O) groups is 3. The lowest BCUT2D eigenvalue weighted by Gasteiger charge is -2.38. The fourth-order valence-corrected chi connectivity index (χ4v) is 4.64. The minimum absolute atomic E-state index is 0.187. The molecule has 0 aliphatic carbocycles. The van der Waals surface area contributed by atoms with Gasteiger partial charge in [0.2, 0.25) is 0 Å². The first-order chi connectivity index (χ1) is 14.5. The average molecular weight is 436 g/mol. The summed E-state index contributed by atoms with van der Waals surface area (Å²) in [6.45, 7) is 5.88. The summed E-state index contributed by atoms with van der Waals surface area (Å²) < 4.78 is 10.5. The van der Waals surface area contributed by atoms with Crippen molar-refractivity contribution >= 4 is 29.3 Å². The van der Waals surface area contributed by atoms with Gasteiger partial charge in [0.25, 0.3) is 0 Å². The van der Waals surface area contributed by atoms with E-state index in [2.05, 4.69) is 10.2 Å². The van der Waals surface area contributed by atoms with Crippen molar-refractivity contribution in [2.45, 2.75) is 32.7 Å². The lowest BCUT2D eigenvalue weighted by molar-refractivity contribution is -0.150. The van der Waals surface area contributed by atoms with E-state index in [1.54, 1.807) is 20.9 Å². The van der Waals surface area contributed by atoms with Gasteiger partial charge in [-0.25, -0.2) is 9.59 Å². The van der Waals surface area contributed by atoms with Crippen LogP contribution in [0, 0.1) is 5.92 Å². The van der Waals surface area contributed by atoms with Crippen LogP contribution in [0.15, 0.2) is 28.1 Å². The lowest BCUT2D eigenvalue weighted by Crippen LogP contribution is -2.50. The Labute approximate surface area is 180 Å². The summed E-state index contributed by atoms with van der Waals surface area (Å²) in [7, 11) is 1.65. The van der Waals surface area contributed by atoms with Crippen molar-refractivity contribution in [3.05, 3.63) is 33.7 Å². The predicted octanol–water partition coefficient (Wildman–Crippen LogP) is 2.54. The van der Waals surface area contributed by atoms with Crippen molar-refractivity contribution in [1.29, 1.82) is 0 Å². The molecule has 0 aromatic carbocycles. The minimum Gasteiger partial charge on any atom is -0.466 e. The van der Waals surface area contributed by atoms with Crippen LogP contribution >= 0.6 is 11.3 Å². The summed E-state index contributed by atoms with van der Waals surface area (Å²) in [6.07, 6.45) is 1.64. The number of likely N-dealkylation sites (tertiary alicyclic amines) is 1. The highest BCUT2D eigenvalue weighted by Crippen LogP contribution is 2.33. The van der Waals surface area contributed by atoms with Crippen molar-refractivity contribution in [3.63, 3.8) is 0 Å². The van der Waals surface area contributed by atoms with Crippen molar-refractivity contribution in [3.8, 4) is 0 Å². The average Bonchev–Trinajstić information content (AvgIpc) is 3.26. The summed E-state index contributed by atoms with van der Waals surface area (Å²) in [5.41, 5.74) is 1.90. The molecule has 30 heavy (non-hydrogen) atoms. The van der Waals surface area contributed by atoms with Crippen LogP contribution < -0.4 is 5.32 Å². The smallest absolute Gasteiger partial charge is 0.338 e. The second-order valence-electron chi connectivity index (χ2n) is 7.41. The maximum Gasteiger partial charge on any atom is 0.338 e. The number of piperidine rings is 1. The van der Waals surface area contributed by atoms with E-state index in [4.69, 9.17) is 9.47 Å². The molecule has 2 aliphatic heterocycles. The molecule has 9 heteroatoms. The molecule has 2 aliphatic rings. The maximum atomic E-state index is 12.9. The first-order valence-electron chi connectivity index (χ1n) is 10.3. The van der Waals surface area contributed by atoms with Crippen LogP contribution in [-0.2, 0) is 19.1 Å². The normalized spacial score (nSPS) is 22.6. The number of amides is 2. The molecule has 2 atom stereocenters. The largest absolute Gasteiger partial charge is 0.466 e. The van der Waals surface area contributed by atoms with E-state index in [-0.39, 0.29) is 24.5 Å². The van der Waals surface area contributed by atoms with Gasteiger partial charge in [0, 0.05) is 25.8 Å². The Hall–Kier alpha value is -2.39. The first kappa shape index (κ1) is 22.3. The number of ether oxygens (including phenoxy) is 2. The van der Waals surface area contributed by atoms with Crippen LogP contribution in [0.3, 0.4) is 0 Å². The second-order valence-corrected chi connectivity index (χ2v) is 8.19. The summed E-state index contributed by atoms with van der Waals surface area (Å²) in [6, 6.07) is 1.07. The summed E-state index contributed by atoms with van der Waals surface area (Å²) in [5.74, 6) is -0.817. The Kier molecular flexibility index (Phi) is 7.49. The second kappa shape index (κ2) is 10.1. The molecule has 0 spiro atoms. The van der Waals surface area contributed by atoms with Crippen molar-refractivity contribution < 1.29 is 23.9 Å². The van der Waals surface area contributed by atoms with Crippen LogP contribution in [-0.4, -0.2) is 67.7 Å². The van der Waals surface area contributed by atoms with Crippen molar-refractivity contribution in [2.24, 2.45) is 5.92 Å². The molecule has 3 rings (SSSR count).